The van der Waals surface area contributed by atoms with Crippen molar-refractivity contribution in [1.29, 1.82) is 0 Å². The van der Waals surface area contributed by atoms with Gasteiger partial charge in [0.15, 0.2) is 0 Å². The zero-order valence-electron chi connectivity index (χ0n) is 11.1. The molecule has 4 unspecified atom stereocenters. The monoisotopic (exact) mass is 212 g/mol. The number of rotatable bonds is 7. The molecular weight excluding hydrogens is 184 g/mol. The van der Waals surface area contributed by atoms with Gasteiger partial charge in [-0.05, 0) is 51.2 Å². The fourth-order valence-electron chi connectivity index (χ4n) is 2.17. The maximum Gasteiger partial charge on any atom is 0.0102 e. The van der Waals surface area contributed by atoms with Crippen LogP contribution in [0, 0.1) is 17.8 Å². The number of nitrogens with zero attached hydrogens (tertiary/aromatic N) is 1. The lowest BCUT2D eigenvalue weighted by atomic mass is 10.0. The molecule has 0 aliphatic heterocycles. The fourth-order valence-corrected chi connectivity index (χ4v) is 2.17. The second-order valence-electron chi connectivity index (χ2n) is 5.44. The topological polar surface area (TPSA) is 15.3 Å². The van der Waals surface area contributed by atoms with Crippen molar-refractivity contribution in [2.45, 2.75) is 40.2 Å². The van der Waals surface area contributed by atoms with Gasteiger partial charge in [-0.3, -0.25) is 0 Å². The minimum atomic E-state index is 0.692. The summed E-state index contributed by atoms with van der Waals surface area (Å²) in [5, 5.41) is 3.43. The molecule has 1 fully saturated rings. The van der Waals surface area contributed by atoms with E-state index in [-0.39, 0.29) is 0 Å². The molecule has 1 N–H and O–H groups in total. The molecule has 2 nitrogen and oxygen atoms in total. The number of hydrogen-bond donors (Lipinski definition) is 1. The molecule has 0 spiro atoms. The van der Waals surface area contributed by atoms with Crippen LogP contribution in [0.4, 0.5) is 0 Å². The first-order valence-electron chi connectivity index (χ1n) is 6.47. The first kappa shape index (κ1) is 13.0. The van der Waals surface area contributed by atoms with E-state index in [0.29, 0.717) is 6.04 Å². The summed E-state index contributed by atoms with van der Waals surface area (Å²) in [4.78, 5) is 2.54. The van der Waals surface area contributed by atoms with E-state index in [1.165, 1.54) is 13.0 Å². The fraction of sp³-hybridized carbons (Fsp3) is 1.00. The van der Waals surface area contributed by atoms with Crippen molar-refractivity contribution in [3.05, 3.63) is 0 Å². The van der Waals surface area contributed by atoms with E-state index in [9.17, 15) is 0 Å². The van der Waals surface area contributed by atoms with Gasteiger partial charge >= 0.3 is 0 Å². The van der Waals surface area contributed by atoms with Gasteiger partial charge in [-0.15, -0.1) is 0 Å². The van der Waals surface area contributed by atoms with E-state index in [2.05, 4.69) is 45.0 Å². The van der Waals surface area contributed by atoms with E-state index in [1.54, 1.807) is 0 Å². The van der Waals surface area contributed by atoms with Crippen molar-refractivity contribution >= 4 is 0 Å². The quantitative estimate of drug-likeness (QED) is 0.696. The Morgan fingerprint density at radius 3 is 2.47 bits per heavy atom. The molecule has 1 aliphatic rings. The Bertz CT molecular complexity index is 181. The molecule has 90 valence electrons. The Morgan fingerprint density at radius 1 is 1.40 bits per heavy atom. The van der Waals surface area contributed by atoms with Crippen molar-refractivity contribution in [3.8, 4) is 0 Å². The number of nitrogens with one attached hydrogen (secondary N) is 1. The Labute approximate surface area is 95.4 Å². The highest BCUT2D eigenvalue weighted by molar-refractivity contribution is 4.86. The summed E-state index contributed by atoms with van der Waals surface area (Å²) in [6.07, 6.45) is 1.44. The van der Waals surface area contributed by atoms with Crippen LogP contribution in [0.5, 0.6) is 0 Å². The SMILES string of the molecule is CCNCC(C)C(C)N(C)CC1CC1C. The molecule has 0 radical (unpaired) electrons. The minimum absolute atomic E-state index is 0.692. The zero-order valence-corrected chi connectivity index (χ0v) is 11.1. The average molecular weight is 212 g/mol. The molecule has 15 heavy (non-hydrogen) atoms. The molecule has 4 atom stereocenters. The molecule has 1 saturated carbocycles. The number of hydrogen-bond acceptors (Lipinski definition) is 2. The first-order valence-corrected chi connectivity index (χ1v) is 6.47. The van der Waals surface area contributed by atoms with Crippen LogP contribution in [0.15, 0.2) is 0 Å². The first-order chi connectivity index (χ1) is 7.06. The van der Waals surface area contributed by atoms with Gasteiger partial charge in [0.25, 0.3) is 0 Å². The van der Waals surface area contributed by atoms with Gasteiger partial charge in [0, 0.05) is 12.6 Å². The highest BCUT2D eigenvalue weighted by atomic mass is 15.1. The van der Waals surface area contributed by atoms with Crippen LogP contribution in [-0.4, -0.2) is 37.6 Å². The van der Waals surface area contributed by atoms with Gasteiger partial charge in [-0.25, -0.2) is 0 Å². The molecular formula is C13H28N2. The van der Waals surface area contributed by atoms with Crippen molar-refractivity contribution in [2.24, 2.45) is 17.8 Å². The second kappa shape index (κ2) is 5.86. The smallest absolute Gasteiger partial charge is 0.0102 e. The highest BCUT2D eigenvalue weighted by Crippen LogP contribution is 2.38. The zero-order chi connectivity index (χ0) is 11.4. The summed E-state index contributed by atoms with van der Waals surface area (Å²) in [5.41, 5.74) is 0. The lowest BCUT2D eigenvalue weighted by Gasteiger charge is -2.30. The summed E-state index contributed by atoms with van der Waals surface area (Å²) < 4.78 is 0. The third-order valence-corrected chi connectivity index (χ3v) is 4.03. The summed E-state index contributed by atoms with van der Waals surface area (Å²) >= 11 is 0. The lowest BCUT2D eigenvalue weighted by molar-refractivity contribution is 0.187. The Kier molecular flexibility index (Phi) is 5.07. The van der Waals surface area contributed by atoms with Gasteiger partial charge in [0.1, 0.15) is 0 Å². The third-order valence-electron chi connectivity index (χ3n) is 4.03. The van der Waals surface area contributed by atoms with E-state index < -0.39 is 0 Å². The summed E-state index contributed by atoms with van der Waals surface area (Å²) in [7, 11) is 2.28. The van der Waals surface area contributed by atoms with Crippen LogP contribution in [0.25, 0.3) is 0 Å². The predicted octanol–water partition coefficient (Wildman–Crippen LogP) is 2.21. The van der Waals surface area contributed by atoms with Gasteiger partial charge in [0.2, 0.25) is 0 Å². The van der Waals surface area contributed by atoms with Crippen molar-refractivity contribution in [1.82, 2.24) is 10.2 Å². The van der Waals surface area contributed by atoms with Gasteiger partial charge in [-0.1, -0.05) is 20.8 Å². The molecule has 2 heteroatoms. The molecule has 0 amide bonds. The largest absolute Gasteiger partial charge is 0.317 e. The molecule has 0 saturated heterocycles. The Hall–Kier alpha value is -0.0800. The normalized spacial score (nSPS) is 29.2. The lowest BCUT2D eigenvalue weighted by Crippen LogP contribution is -2.40. The van der Waals surface area contributed by atoms with Crippen LogP contribution in [0.1, 0.15) is 34.1 Å². The molecule has 0 aromatic heterocycles. The van der Waals surface area contributed by atoms with Crippen LogP contribution >= 0.6 is 0 Å². The second-order valence-corrected chi connectivity index (χ2v) is 5.44. The molecule has 0 heterocycles. The molecule has 1 aliphatic carbocycles. The van der Waals surface area contributed by atoms with Crippen LogP contribution in [-0.2, 0) is 0 Å². The van der Waals surface area contributed by atoms with Crippen molar-refractivity contribution in [2.75, 3.05) is 26.7 Å². The third kappa shape index (κ3) is 4.12. The van der Waals surface area contributed by atoms with Gasteiger partial charge in [0.05, 0.1) is 0 Å². The molecule has 0 aromatic carbocycles. The van der Waals surface area contributed by atoms with E-state index in [1.807, 2.05) is 0 Å². The Morgan fingerprint density at radius 2 is 2.00 bits per heavy atom. The molecule has 0 aromatic rings. The molecule has 0 bridgehead atoms. The standard InChI is InChI=1S/C13H28N2/c1-6-14-8-11(3)12(4)15(5)9-13-7-10(13)2/h10-14H,6-9H2,1-5H3. The van der Waals surface area contributed by atoms with Crippen LogP contribution < -0.4 is 5.32 Å². The Balaban J connectivity index is 2.21. The summed E-state index contributed by atoms with van der Waals surface area (Å²) in [5.74, 6) is 2.69. The maximum absolute atomic E-state index is 3.43. The summed E-state index contributed by atoms with van der Waals surface area (Å²) in [6, 6.07) is 0.692. The van der Waals surface area contributed by atoms with Gasteiger partial charge in [-0.2, -0.15) is 0 Å². The maximum atomic E-state index is 3.43. The highest BCUT2D eigenvalue weighted by Gasteiger charge is 2.34. The van der Waals surface area contributed by atoms with Crippen LogP contribution in [0.3, 0.4) is 0 Å². The predicted molar refractivity (Wildman–Crippen MR) is 67.1 cm³/mol. The molecule has 1 rings (SSSR count). The van der Waals surface area contributed by atoms with E-state index >= 15 is 0 Å². The van der Waals surface area contributed by atoms with Crippen molar-refractivity contribution < 1.29 is 0 Å². The summed E-state index contributed by atoms with van der Waals surface area (Å²) in [6.45, 7) is 12.8. The average Bonchev–Trinajstić information content (AvgIpc) is 2.89. The van der Waals surface area contributed by atoms with E-state index in [4.69, 9.17) is 0 Å². The minimum Gasteiger partial charge on any atom is -0.317 e. The van der Waals surface area contributed by atoms with Gasteiger partial charge < -0.3 is 10.2 Å². The van der Waals surface area contributed by atoms with Crippen LogP contribution in [0.2, 0.25) is 0 Å². The van der Waals surface area contributed by atoms with Crippen molar-refractivity contribution in [3.63, 3.8) is 0 Å². The van der Waals surface area contributed by atoms with E-state index in [0.717, 1.165) is 30.8 Å².